The topological polar surface area (TPSA) is 12.4 Å². The van der Waals surface area contributed by atoms with E-state index in [9.17, 15) is 13.2 Å². The van der Waals surface area contributed by atoms with E-state index < -0.39 is 11.1 Å². The first-order valence-corrected chi connectivity index (χ1v) is 10.1. The minimum atomic E-state index is -4.47. The van der Waals surface area contributed by atoms with Gasteiger partial charge in [-0.15, -0.1) is 11.8 Å². The molecule has 0 bridgehead atoms. The molecular weight excluding hydrogens is 422 g/mol. The molecule has 0 atom stereocenters. The molecule has 1 nitrogen and oxygen atoms in total. The summed E-state index contributed by atoms with van der Waals surface area (Å²) in [5, 5.41) is 0.929. The molecule has 8 heteroatoms. The molecule has 1 fully saturated rings. The van der Waals surface area contributed by atoms with E-state index in [2.05, 4.69) is 4.99 Å². The van der Waals surface area contributed by atoms with Gasteiger partial charge in [0.25, 0.3) is 0 Å². The zero-order valence-corrected chi connectivity index (χ0v) is 16.3. The summed E-state index contributed by atoms with van der Waals surface area (Å²) < 4.78 is 41.2. The third-order valence-corrected chi connectivity index (χ3v) is 6.31. The first kappa shape index (κ1) is 19.7. The van der Waals surface area contributed by atoms with Crippen LogP contribution in [0.3, 0.4) is 0 Å². The highest BCUT2D eigenvalue weighted by Gasteiger charge is 2.39. The second-order valence-corrected chi connectivity index (χ2v) is 8.29. The van der Waals surface area contributed by atoms with Crippen LogP contribution in [-0.4, -0.2) is 17.0 Å². The minimum absolute atomic E-state index is 0.187. The van der Waals surface area contributed by atoms with E-state index in [4.69, 9.17) is 23.2 Å². The number of hydrogen-bond acceptors (Lipinski definition) is 3. The van der Waals surface area contributed by atoms with E-state index in [0.29, 0.717) is 49.6 Å². The minimum Gasteiger partial charge on any atom is -0.239 e. The fourth-order valence-electron chi connectivity index (χ4n) is 2.35. The van der Waals surface area contributed by atoms with Crippen molar-refractivity contribution in [2.24, 2.45) is 4.99 Å². The van der Waals surface area contributed by atoms with Gasteiger partial charge in [-0.05, 0) is 30.7 Å². The molecular formula is C18H12Cl2F3NS2. The molecule has 0 aromatic heterocycles. The number of rotatable bonds is 3. The molecule has 0 radical (unpaired) electrons. The number of thioether (sulfide) groups is 2. The lowest BCUT2D eigenvalue weighted by atomic mass is 10.2. The molecule has 1 aliphatic heterocycles. The summed E-state index contributed by atoms with van der Waals surface area (Å²) in [4.78, 5) is 4.24. The van der Waals surface area contributed by atoms with Gasteiger partial charge in [-0.25, -0.2) is 4.99 Å². The number of allylic oxidation sites excluding steroid dienone is 1. The summed E-state index contributed by atoms with van der Waals surface area (Å²) in [7, 11) is 0. The first-order valence-electron chi connectivity index (χ1n) is 7.55. The Kier molecular flexibility index (Phi) is 6.28. The number of benzene rings is 2. The van der Waals surface area contributed by atoms with Gasteiger partial charge in [-0.2, -0.15) is 13.2 Å². The van der Waals surface area contributed by atoms with Crippen LogP contribution >= 0.6 is 46.7 Å². The Morgan fingerprint density at radius 3 is 2.27 bits per heavy atom. The zero-order chi connectivity index (χ0) is 18.7. The van der Waals surface area contributed by atoms with Gasteiger partial charge in [0.05, 0.1) is 15.0 Å². The van der Waals surface area contributed by atoms with E-state index in [1.165, 1.54) is 11.8 Å². The predicted octanol–water partition coefficient (Wildman–Crippen LogP) is 7.77. The molecule has 0 aliphatic carbocycles. The van der Waals surface area contributed by atoms with Crippen molar-refractivity contribution in [1.29, 1.82) is 0 Å². The molecule has 1 saturated heterocycles. The molecule has 0 amide bonds. The lowest BCUT2D eigenvalue weighted by Crippen LogP contribution is -2.13. The summed E-state index contributed by atoms with van der Waals surface area (Å²) in [5.41, 5.74) is 0.483. The second kappa shape index (κ2) is 8.30. The van der Waals surface area contributed by atoms with Crippen LogP contribution in [0.2, 0.25) is 10.0 Å². The summed E-state index contributed by atoms with van der Waals surface area (Å²) in [6.07, 6.45) is -4.17. The Morgan fingerprint density at radius 1 is 1.00 bits per heavy atom. The van der Waals surface area contributed by atoms with Crippen LogP contribution in [0.1, 0.15) is 6.42 Å². The second-order valence-electron chi connectivity index (χ2n) is 5.31. The van der Waals surface area contributed by atoms with Crippen molar-refractivity contribution in [3.63, 3.8) is 0 Å². The van der Waals surface area contributed by atoms with Gasteiger partial charge in [0.2, 0.25) is 0 Å². The lowest BCUT2D eigenvalue weighted by Gasteiger charge is -2.15. The number of para-hydroxylation sites is 1. The Labute approximate surface area is 167 Å². The Bertz CT molecular complexity index is 844. The van der Waals surface area contributed by atoms with Gasteiger partial charge in [0.1, 0.15) is 10.7 Å². The maximum absolute atomic E-state index is 13.7. The molecule has 1 heterocycles. The van der Waals surface area contributed by atoms with E-state index in [1.807, 2.05) is 0 Å². The van der Waals surface area contributed by atoms with Crippen LogP contribution in [0.4, 0.5) is 18.9 Å². The third kappa shape index (κ3) is 4.60. The molecule has 0 saturated carbocycles. The Hall–Kier alpha value is -1.08. The average Bonchev–Trinajstić information content (AvgIpc) is 3.04. The standard InChI is InChI=1S/C18H12Cl2F3NS2/c19-13-7-4-8-14(20)15(13)24-17-12(9-10-25-17)16(18(21,22)23)26-11-5-2-1-3-6-11/h1-8H,9-10H2/b16-12+,24-17?. The Balaban J connectivity index is 2.08. The lowest BCUT2D eigenvalue weighted by molar-refractivity contribution is -0.0841. The van der Waals surface area contributed by atoms with Gasteiger partial charge in [-0.3, -0.25) is 0 Å². The van der Waals surface area contributed by atoms with Gasteiger partial charge < -0.3 is 0 Å². The zero-order valence-electron chi connectivity index (χ0n) is 13.2. The molecule has 136 valence electrons. The van der Waals surface area contributed by atoms with Crippen molar-refractivity contribution < 1.29 is 13.2 Å². The third-order valence-electron chi connectivity index (χ3n) is 3.49. The molecule has 2 aromatic rings. The van der Waals surface area contributed by atoms with Crippen molar-refractivity contribution in [1.82, 2.24) is 0 Å². The van der Waals surface area contributed by atoms with E-state index in [0.717, 1.165) is 0 Å². The van der Waals surface area contributed by atoms with Crippen LogP contribution in [0, 0.1) is 0 Å². The molecule has 1 aliphatic rings. The van der Waals surface area contributed by atoms with Gasteiger partial charge in [0.15, 0.2) is 0 Å². The monoisotopic (exact) mass is 433 g/mol. The van der Waals surface area contributed by atoms with Gasteiger partial charge >= 0.3 is 6.18 Å². The van der Waals surface area contributed by atoms with Crippen LogP contribution in [0.5, 0.6) is 0 Å². The smallest absolute Gasteiger partial charge is 0.239 e. The average molecular weight is 434 g/mol. The van der Waals surface area contributed by atoms with Crippen molar-refractivity contribution in [3.05, 3.63) is 69.1 Å². The van der Waals surface area contributed by atoms with Crippen LogP contribution in [-0.2, 0) is 0 Å². The number of nitrogens with zero attached hydrogens (tertiary/aromatic N) is 1. The number of aliphatic imine (C=N–C) groups is 1. The molecule has 0 spiro atoms. The summed E-state index contributed by atoms with van der Waals surface area (Å²) >= 11 is 14.2. The molecule has 0 unspecified atom stereocenters. The van der Waals surface area contributed by atoms with Crippen molar-refractivity contribution in [2.75, 3.05) is 5.75 Å². The summed E-state index contributed by atoms with van der Waals surface area (Å²) in [6.45, 7) is 0. The number of halogens is 5. The number of hydrogen-bond donors (Lipinski definition) is 0. The fourth-order valence-corrected chi connectivity index (χ4v) is 4.90. The van der Waals surface area contributed by atoms with Crippen LogP contribution in [0.25, 0.3) is 0 Å². The molecule has 2 aromatic carbocycles. The normalized spacial score (nSPS) is 18.4. The van der Waals surface area contributed by atoms with Crippen LogP contribution in [0.15, 0.2) is 68.9 Å². The fraction of sp³-hybridized carbons (Fsp3) is 0.167. The van der Waals surface area contributed by atoms with Crippen molar-refractivity contribution in [3.8, 4) is 0 Å². The van der Waals surface area contributed by atoms with Crippen molar-refractivity contribution >= 4 is 57.5 Å². The maximum Gasteiger partial charge on any atom is 0.422 e. The molecule has 26 heavy (non-hydrogen) atoms. The first-order chi connectivity index (χ1) is 12.4. The van der Waals surface area contributed by atoms with Crippen molar-refractivity contribution in [2.45, 2.75) is 17.5 Å². The number of alkyl halides is 3. The quantitative estimate of drug-likeness (QED) is 0.458. The van der Waals surface area contributed by atoms with Crippen LogP contribution < -0.4 is 0 Å². The summed E-state index contributed by atoms with van der Waals surface area (Å²) in [5.74, 6) is 0.533. The van der Waals surface area contributed by atoms with E-state index in [-0.39, 0.29) is 5.57 Å². The SMILES string of the molecule is FC(F)(F)/C(Sc1ccccc1)=C1/CCSC1=Nc1c(Cl)cccc1Cl. The highest BCUT2D eigenvalue weighted by atomic mass is 35.5. The van der Waals surface area contributed by atoms with E-state index in [1.54, 1.807) is 48.5 Å². The van der Waals surface area contributed by atoms with Gasteiger partial charge in [-0.1, -0.05) is 59.2 Å². The maximum atomic E-state index is 13.7. The highest BCUT2D eigenvalue weighted by molar-refractivity contribution is 8.15. The summed E-state index contributed by atoms with van der Waals surface area (Å²) in [6, 6.07) is 13.4. The molecule has 3 rings (SSSR count). The highest BCUT2D eigenvalue weighted by Crippen LogP contribution is 2.46. The van der Waals surface area contributed by atoms with E-state index >= 15 is 0 Å². The Morgan fingerprint density at radius 2 is 1.65 bits per heavy atom. The largest absolute Gasteiger partial charge is 0.422 e. The predicted molar refractivity (Wildman–Crippen MR) is 106 cm³/mol. The molecule has 0 N–H and O–H groups in total. The van der Waals surface area contributed by atoms with Gasteiger partial charge in [0, 0.05) is 16.2 Å².